The number of benzene rings is 2. The lowest BCUT2D eigenvalue weighted by Gasteiger charge is -2.30. The summed E-state index contributed by atoms with van der Waals surface area (Å²) in [6.07, 6.45) is 0.919. The van der Waals surface area contributed by atoms with Crippen molar-refractivity contribution >= 4 is 28.0 Å². The number of methoxy groups -OCH3 is 1. The second kappa shape index (κ2) is 7.85. The summed E-state index contributed by atoms with van der Waals surface area (Å²) >= 11 is 0. The van der Waals surface area contributed by atoms with Gasteiger partial charge in [0, 0.05) is 12.6 Å². The van der Waals surface area contributed by atoms with Gasteiger partial charge in [-0.15, -0.1) is 0 Å². The molecule has 1 aliphatic rings. The van der Waals surface area contributed by atoms with Gasteiger partial charge in [-0.25, -0.2) is 8.42 Å². The monoisotopic (exact) mass is 400 g/mol. The molecular weight excluding hydrogens is 380 g/mol. The van der Waals surface area contributed by atoms with Crippen LogP contribution in [0.1, 0.15) is 11.1 Å². The van der Waals surface area contributed by atoms with Gasteiger partial charge in [0.2, 0.25) is 0 Å². The van der Waals surface area contributed by atoms with Crippen molar-refractivity contribution in [1.29, 1.82) is 0 Å². The molecule has 7 nitrogen and oxygen atoms in total. The molecule has 3 rings (SSSR count). The van der Waals surface area contributed by atoms with E-state index in [2.05, 4.69) is 5.32 Å². The van der Waals surface area contributed by atoms with Gasteiger partial charge < -0.3 is 14.8 Å². The van der Waals surface area contributed by atoms with Crippen LogP contribution in [0.25, 0.3) is 5.76 Å². The number of hydrogen-bond acceptors (Lipinski definition) is 5. The van der Waals surface area contributed by atoms with Crippen LogP contribution in [-0.2, 0) is 30.8 Å². The van der Waals surface area contributed by atoms with E-state index in [0.717, 1.165) is 9.87 Å². The van der Waals surface area contributed by atoms with Gasteiger partial charge in [-0.2, -0.15) is 0 Å². The minimum atomic E-state index is -3.91. The predicted molar refractivity (Wildman–Crippen MR) is 103 cm³/mol. The van der Waals surface area contributed by atoms with E-state index in [1.165, 1.54) is 20.2 Å². The zero-order valence-corrected chi connectivity index (χ0v) is 16.3. The van der Waals surface area contributed by atoms with Crippen molar-refractivity contribution in [2.45, 2.75) is 17.4 Å². The maximum Gasteiger partial charge on any atom is 0.273 e. The molecule has 0 aromatic heterocycles. The third-order valence-electron chi connectivity index (χ3n) is 4.50. The Kier molecular flexibility index (Phi) is 5.51. The molecule has 146 valence electrons. The van der Waals surface area contributed by atoms with Gasteiger partial charge in [0.05, 0.1) is 18.0 Å². The molecule has 0 saturated heterocycles. The van der Waals surface area contributed by atoms with Crippen molar-refractivity contribution in [3.63, 3.8) is 0 Å². The van der Waals surface area contributed by atoms with Gasteiger partial charge in [-0.1, -0.05) is 42.5 Å². The molecule has 1 aliphatic heterocycles. The molecule has 28 heavy (non-hydrogen) atoms. The second-order valence-electron chi connectivity index (χ2n) is 6.26. The maximum absolute atomic E-state index is 12.9. The molecule has 1 amide bonds. The Hall–Kier alpha value is -3.13. The number of fused-ring (bicyclic) bond motifs is 1. The standard InChI is InChI=1S/C20H20N2O5S/c1-22-18(19(27-2)16-10-6-7-11-17(16)28(22,25)26)20(24)21-15(13-23)12-14-8-4-3-5-9-14/h3-11,13,15H,12H2,1-2H3,(H,21,24)/t15-/m0/s1. The SMILES string of the molecule is COC1=C(C(=O)N[C@H](C=O)Cc2ccccc2)N(C)S(=O)(=O)c2ccccc21. The van der Waals surface area contributed by atoms with Crippen molar-refractivity contribution in [2.24, 2.45) is 0 Å². The number of hydrogen-bond donors (Lipinski definition) is 1. The zero-order valence-electron chi connectivity index (χ0n) is 15.5. The third-order valence-corrected chi connectivity index (χ3v) is 6.31. The lowest BCUT2D eigenvalue weighted by atomic mass is 10.1. The molecule has 2 aromatic carbocycles. The topological polar surface area (TPSA) is 92.8 Å². The summed E-state index contributed by atoms with van der Waals surface area (Å²) in [5, 5.41) is 2.60. The minimum absolute atomic E-state index is 0.0575. The molecule has 0 bridgehead atoms. The average molecular weight is 400 g/mol. The van der Waals surface area contributed by atoms with Crippen LogP contribution < -0.4 is 5.32 Å². The number of carbonyl (C=O) groups is 2. The summed E-state index contributed by atoms with van der Waals surface area (Å²) in [5.41, 5.74) is 1.01. The summed E-state index contributed by atoms with van der Waals surface area (Å²) in [5.74, 6) is -0.569. The third kappa shape index (κ3) is 3.50. The molecule has 0 radical (unpaired) electrons. The van der Waals surface area contributed by atoms with Crippen LogP contribution in [0.3, 0.4) is 0 Å². The van der Waals surface area contributed by atoms with E-state index >= 15 is 0 Å². The molecule has 0 aliphatic carbocycles. The second-order valence-corrected chi connectivity index (χ2v) is 8.19. The van der Waals surface area contributed by atoms with Crippen molar-refractivity contribution in [2.75, 3.05) is 14.2 Å². The highest BCUT2D eigenvalue weighted by Gasteiger charge is 2.38. The van der Waals surface area contributed by atoms with Crippen molar-refractivity contribution < 1.29 is 22.7 Å². The van der Waals surface area contributed by atoms with Crippen LogP contribution >= 0.6 is 0 Å². The fraction of sp³-hybridized carbons (Fsp3) is 0.200. The van der Waals surface area contributed by atoms with E-state index in [4.69, 9.17) is 4.74 Å². The van der Waals surface area contributed by atoms with E-state index < -0.39 is 22.0 Å². The Morgan fingerprint density at radius 3 is 2.43 bits per heavy atom. The Labute approximate surface area is 163 Å². The molecule has 0 fully saturated rings. The number of nitrogens with one attached hydrogen (secondary N) is 1. The zero-order chi connectivity index (χ0) is 20.3. The lowest BCUT2D eigenvalue weighted by Crippen LogP contribution is -2.44. The van der Waals surface area contributed by atoms with Crippen molar-refractivity contribution in [3.8, 4) is 0 Å². The number of likely N-dealkylation sites (N-methyl/N-ethyl adjacent to an activating group) is 1. The van der Waals surface area contributed by atoms with E-state index in [0.29, 0.717) is 18.3 Å². The number of rotatable bonds is 6. The Bertz CT molecular complexity index is 1030. The van der Waals surface area contributed by atoms with Crippen molar-refractivity contribution in [3.05, 3.63) is 71.4 Å². The van der Waals surface area contributed by atoms with Gasteiger partial charge in [-0.3, -0.25) is 9.10 Å². The summed E-state index contributed by atoms with van der Waals surface area (Å²) in [4.78, 5) is 24.5. The number of nitrogens with zero attached hydrogens (tertiary/aromatic N) is 1. The molecule has 0 spiro atoms. The lowest BCUT2D eigenvalue weighted by molar-refractivity contribution is -0.121. The van der Waals surface area contributed by atoms with Gasteiger partial charge >= 0.3 is 0 Å². The highest BCUT2D eigenvalue weighted by Crippen LogP contribution is 2.36. The van der Waals surface area contributed by atoms with E-state index in [1.807, 2.05) is 30.3 Å². The first kappa shape index (κ1) is 19.6. The van der Waals surface area contributed by atoms with E-state index in [9.17, 15) is 18.0 Å². The predicted octanol–water partition coefficient (Wildman–Crippen LogP) is 1.56. The number of amides is 1. The molecule has 0 unspecified atom stereocenters. The minimum Gasteiger partial charge on any atom is -0.494 e. The highest BCUT2D eigenvalue weighted by atomic mass is 32.2. The van der Waals surface area contributed by atoms with Crippen LogP contribution in [0.4, 0.5) is 0 Å². The van der Waals surface area contributed by atoms with Crippen LogP contribution in [0.5, 0.6) is 0 Å². The molecule has 0 saturated carbocycles. The van der Waals surface area contributed by atoms with Crippen LogP contribution in [0, 0.1) is 0 Å². The number of aldehydes is 1. The fourth-order valence-electron chi connectivity index (χ4n) is 3.11. The summed E-state index contributed by atoms with van der Waals surface area (Å²) in [6.45, 7) is 0. The van der Waals surface area contributed by atoms with Gasteiger partial charge in [0.1, 0.15) is 6.29 Å². The van der Waals surface area contributed by atoms with Crippen LogP contribution in [0.2, 0.25) is 0 Å². The number of sulfonamides is 1. The summed E-state index contributed by atoms with van der Waals surface area (Å²) in [7, 11) is -1.26. The first-order valence-corrected chi connectivity index (χ1v) is 10.0. The maximum atomic E-state index is 12.9. The Morgan fingerprint density at radius 1 is 1.14 bits per heavy atom. The Morgan fingerprint density at radius 2 is 1.79 bits per heavy atom. The molecule has 2 aromatic rings. The quantitative estimate of drug-likeness (QED) is 0.743. The normalized spacial score (nSPS) is 16.1. The van der Waals surface area contributed by atoms with Gasteiger partial charge in [0.25, 0.3) is 15.9 Å². The number of ether oxygens (including phenoxy) is 1. The van der Waals surface area contributed by atoms with Crippen LogP contribution in [-0.4, -0.2) is 45.1 Å². The smallest absolute Gasteiger partial charge is 0.273 e. The molecule has 8 heteroatoms. The average Bonchev–Trinajstić information content (AvgIpc) is 2.70. The van der Waals surface area contributed by atoms with Crippen molar-refractivity contribution in [1.82, 2.24) is 9.62 Å². The first-order chi connectivity index (χ1) is 13.4. The van der Waals surface area contributed by atoms with Crippen LogP contribution in [0.15, 0.2) is 65.2 Å². The van der Waals surface area contributed by atoms with Gasteiger partial charge in [-0.05, 0) is 24.1 Å². The summed E-state index contributed by atoms with van der Waals surface area (Å²) in [6, 6.07) is 14.7. The Balaban J connectivity index is 1.97. The molecular formula is C20H20N2O5S. The highest BCUT2D eigenvalue weighted by molar-refractivity contribution is 7.89. The molecule has 1 atom stereocenters. The molecule has 1 N–H and O–H groups in total. The molecule has 1 heterocycles. The fourth-order valence-corrected chi connectivity index (χ4v) is 4.50. The first-order valence-electron chi connectivity index (χ1n) is 8.56. The van der Waals surface area contributed by atoms with Gasteiger partial charge in [0.15, 0.2) is 11.5 Å². The van der Waals surface area contributed by atoms with E-state index in [1.54, 1.807) is 18.2 Å². The largest absolute Gasteiger partial charge is 0.494 e. The summed E-state index contributed by atoms with van der Waals surface area (Å²) < 4.78 is 31.9. The number of carbonyl (C=O) groups excluding carboxylic acids is 2. The van der Waals surface area contributed by atoms with E-state index in [-0.39, 0.29) is 16.4 Å².